The molecule has 1 saturated heterocycles. The number of rotatable bonds is 6. The monoisotopic (exact) mass is 480 g/mol. The largest absolute Gasteiger partial charge is 0.348 e. The van der Waals surface area contributed by atoms with Crippen LogP contribution in [0.2, 0.25) is 0 Å². The molecule has 0 bridgehead atoms. The highest BCUT2D eigenvalue weighted by Gasteiger charge is 2.35. The second kappa shape index (κ2) is 9.72. The van der Waals surface area contributed by atoms with E-state index in [9.17, 15) is 4.79 Å². The Bertz CT molecular complexity index is 1320. The van der Waals surface area contributed by atoms with E-state index in [1.165, 1.54) is 22.9 Å². The third kappa shape index (κ3) is 4.40. The van der Waals surface area contributed by atoms with Crippen LogP contribution >= 0.6 is 11.8 Å². The Morgan fingerprint density at radius 1 is 0.943 bits per heavy atom. The number of benzene rings is 2. The topological polar surface area (TPSA) is 58.4 Å². The highest BCUT2D eigenvalue weighted by molar-refractivity contribution is 8.04. The van der Waals surface area contributed by atoms with Crippen LogP contribution in [0.1, 0.15) is 35.6 Å². The molecule has 2 aliphatic heterocycles. The maximum absolute atomic E-state index is 13.8. The first-order chi connectivity index (χ1) is 17.3. The molecule has 2 aromatic heterocycles. The molecule has 176 valence electrons. The molecule has 6 heteroatoms. The first-order valence-corrected chi connectivity index (χ1v) is 13.1. The minimum absolute atomic E-state index is 0.0140. The summed E-state index contributed by atoms with van der Waals surface area (Å²) in [7, 11) is 0. The van der Waals surface area contributed by atoms with Crippen LogP contribution in [0.4, 0.5) is 0 Å². The molecule has 6 rings (SSSR count). The molecule has 0 saturated carbocycles. The Hall–Kier alpha value is -3.35. The fourth-order valence-electron chi connectivity index (χ4n) is 5.43. The minimum Gasteiger partial charge on any atom is -0.348 e. The van der Waals surface area contributed by atoms with Gasteiger partial charge in [-0.1, -0.05) is 78.5 Å². The second-order valence-electron chi connectivity index (χ2n) is 9.24. The van der Waals surface area contributed by atoms with Crippen LogP contribution in [0.5, 0.6) is 0 Å². The van der Waals surface area contributed by atoms with E-state index in [2.05, 4.69) is 80.7 Å². The van der Waals surface area contributed by atoms with Crippen molar-refractivity contribution in [1.29, 1.82) is 0 Å². The number of piperidine rings is 1. The van der Waals surface area contributed by atoms with Gasteiger partial charge in [-0.2, -0.15) is 0 Å². The number of nitrogens with one attached hydrogen (secondary N) is 2. The lowest BCUT2D eigenvalue weighted by Gasteiger charge is -2.37. The van der Waals surface area contributed by atoms with Crippen molar-refractivity contribution in [1.82, 2.24) is 20.0 Å². The van der Waals surface area contributed by atoms with Gasteiger partial charge in [-0.05, 0) is 61.2 Å². The van der Waals surface area contributed by atoms with Crippen LogP contribution in [0.15, 0.2) is 95.0 Å². The molecule has 2 N–H and O–H groups in total. The second-order valence-corrected chi connectivity index (χ2v) is 10.3. The Kier molecular flexibility index (Phi) is 6.15. The maximum Gasteiger partial charge on any atom is 0.258 e. The lowest BCUT2D eigenvalue weighted by molar-refractivity contribution is -0.118. The summed E-state index contributed by atoms with van der Waals surface area (Å²) >= 11 is 1.51. The quantitative estimate of drug-likeness (QED) is 0.403. The fourth-order valence-corrected chi connectivity index (χ4v) is 6.42. The van der Waals surface area contributed by atoms with E-state index in [4.69, 9.17) is 0 Å². The molecule has 35 heavy (non-hydrogen) atoms. The Balaban J connectivity index is 1.37. The van der Waals surface area contributed by atoms with Gasteiger partial charge in [0.1, 0.15) is 5.65 Å². The van der Waals surface area contributed by atoms with Crippen LogP contribution in [0, 0.1) is 5.92 Å². The highest BCUT2D eigenvalue weighted by Crippen LogP contribution is 2.37. The summed E-state index contributed by atoms with van der Waals surface area (Å²) in [4.78, 5) is 19.0. The van der Waals surface area contributed by atoms with E-state index in [0.717, 1.165) is 42.3 Å². The van der Waals surface area contributed by atoms with E-state index in [1.807, 2.05) is 30.5 Å². The number of imidazole rings is 1. The normalized spacial score (nSPS) is 16.8. The predicted octanol–water partition coefficient (Wildman–Crippen LogP) is 5.10. The standard InChI is InChI=1S/C29H28N4OS/c34-29(24-18-23-19-31-25-12-7-13-26(35-24)33(23)25)32-28(22-14-16-30-17-15-22)27(20-8-3-1-4-9-20)21-10-5-2-6-11-21/h1-13,18-19,22,27-28,30H,14-17H2,(H,32,34). The van der Waals surface area contributed by atoms with Crippen molar-refractivity contribution in [2.45, 2.75) is 29.8 Å². The molecule has 2 aromatic carbocycles. The van der Waals surface area contributed by atoms with Crippen molar-refractivity contribution in [3.8, 4) is 0 Å². The molecule has 0 radical (unpaired) electrons. The average molecular weight is 481 g/mol. The summed E-state index contributed by atoms with van der Waals surface area (Å²) < 4.78 is 2.10. The number of amides is 1. The summed E-state index contributed by atoms with van der Waals surface area (Å²) in [6, 6.07) is 27.2. The summed E-state index contributed by atoms with van der Waals surface area (Å²) in [5.74, 6) is 0.446. The molecule has 1 unspecified atom stereocenters. The Labute approximate surface area is 209 Å². The van der Waals surface area contributed by atoms with Gasteiger partial charge in [-0.15, -0.1) is 0 Å². The van der Waals surface area contributed by atoms with Crippen molar-refractivity contribution in [3.05, 3.63) is 107 Å². The van der Waals surface area contributed by atoms with Crippen LogP contribution in [-0.2, 0) is 4.79 Å². The number of thioether (sulfide) groups is 1. The molecule has 0 spiro atoms. The average Bonchev–Trinajstić information content (AvgIpc) is 3.34. The molecule has 4 aromatic rings. The molecular weight excluding hydrogens is 452 g/mol. The van der Waals surface area contributed by atoms with Gasteiger partial charge in [0.25, 0.3) is 5.91 Å². The number of hydrogen-bond donors (Lipinski definition) is 2. The lowest BCUT2D eigenvalue weighted by Crippen LogP contribution is -2.48. The molecule has 5 nitrogen and oxygen atoms in total. The van der Waals surface area contributed by atoms with Crippen LogP contribution in [0.25, 0.3) is 11.7 Å². The minimum atomic E-state index is -0.0153. The van der Waals surface area contributed by atoms with Crippen molar-refractivity contribution in [2.75, 3.05) is 13.1 Å². The summed E-state index contributed by atoms with van der Waals surface area (Å²) in [5.41, 5.74) is 4.31. The molecule has 0 aliphatic carbocycles. The zero-order chi connectivity index (χ0) is 23.6. The van der Waals surface area contributed by atoms with Crippen molar-refractivity contribution >= 4 is 29.4 Å². The van der Waals surface area contributed by atoms with E-state index >= 15 is 0 Å². The van der Waals surface area contributed by atoms with Gasteiger partial charge in [-0.25, -0.2) is 4.98 Å². The van der Waals surface area contributed by atoms with Gasteiger partial charge in [-0.3, -0.25) is 9.20 Å². The molecule has 1 fully saturated rings. The molecular formula is C29H28N4OS. The van der Waals surface area contributed by atoms with Crippen molar-refractivity contribution < 1.29 is 4.79 Å². The van der Waals surface area contributed by atoms with Gasteiger partial charge in [0.05, 0.1) is 21.8 Å². The fraction of sp³-hybridized carbons (Fsp3) is 0.241. The Morgan fingerprint density at radius 2 is 1.63 bits per heavy atom. The Morgan fingerprint density at radius 3 is 2.31 bits per heavy atom. The number of aromatic nitrogens is 2. The summed E-state index contributed by atoms with van der Waals surface area (Å²) in [6.45, 7) is 1.96. The zero-order valence-electron chi connectivity index (χ0n) is 19.4. The van der Waals surface area contributed by atoms with Gasteiger partial charge < -0.3 is 10.6 Å². The third-order valence-corrected chi connectivity index (χ3v) is 8.16. The first-order valence-electron chi connectivity index (χ1n) is 12.3. The van der Waals surface area contributed by atoms with Crippen molar-refractivity contribution in [3.63, 3.8) is 0 Å². The smallest absolute Gasteiger partial charge is 0.258 e. The van der Waals surface area contributed by atoms with E-state index in [0.29, 0.717) is 10.8 Å². The number of carbonyl (C=O) groups excluding carboxylic acids is 1. The zero-order valence-corrected chi connectivity index (χ0v) is 20.2. The van der Waals surface area contributed by atoms with E-state index in [-0.39, 0.29) is 17.9 Å². The first kappa shape index (κ1) is 22.1. The number of pyridine rings is 1. The number of hydrogen-bond acceptors (Lipinski definition) is 4. The van der Waals surface area contributed by atoms with Gasteiger partial charge in [0.15, 0.2) is 0 Å². The van der Waals surface area contributed by atoms with E-state index in [1.54, 1.807) is 0 Å². The van der Waals surface area contributed by atoms with E-state index < -0.39 is 0 Å². The van der Waals surface area contributed by atoms with Gasteiger partial charge in [0.2, 0.25) is 0 Å². The number of carbonyl (C=O) groups is 1. The van der Waals surface area contributed by atoms with Crippen LogP contribution < -0.4 is 10.6 Å². The lowest BCUT2D eigenvalue weighted by atomic mass is 9.76. The SMILES string of the molecule is O=C(NC(C1CCNCC1)C(c1ccccc1)c1ccccc1)C1=Cc2cnc3cccc(n23)S1. The van der Waals surface area contributed by atoms with Crippen molar-refractivity contribution in [2.24, 2.45) is 5.92 Å². The van der Waals surface area contributed by atoms with Gasteiger partial charge >= 0.3 is 0 Å². The summed E-state index contributed by atoms with van der Waals surface area (Å²) in [5, 5.41) is 8.03. The number of nitrogens with zero attached hydrogens (tertiary/aromatic N) is 2. The highest BCUT2D eigenvalue weighted by atomic mass is 32.2. The van der Waals surface area contributed by atoms with Crippen LogP contribution in [0.3, 0.4) is 0 Å². The maximum atomic E-state index is 13.8. The molecule has 1 amide bonds. The molecule has 2 aliphatic rings. The van der Waals surface area contributed by atoms with Gasteiger partial charge in [0, 0.05) is 12.0 Å². The van der Waals surface area contributed by atoms with Crippen LogP contribution in [-0.4, -0.2) is 34.4 Å². The third-order valence-electron chi connectivity index (χ3n) is 7.10. The summed E-state index contributed by atoms with van der Waals surface area (Å²) in [6.07, 6.45) is 5.89. The molecule has 4 heterocycles. The molecule has 1 atom stereocenters. The predicted molar refractivity (Wildman–Crippen MR) is 141 cm³/mol.